The van der Waals surface area contributed by atoms with Crippen molar-refractivity contribution in [2.45, 2.75) is 13.1 Å². The van der Waals surface area contributed by atoms with Gasteiger partial charge in [-0.25, -0.2) is 0 Å². The van der Waals surface area contributed by atoms with Gasteiger partial charge in [0, 0.05) is 16.6 Å². The molecule has 0 radical (unpaired) electrons. The van der Waals surface area contributed by atoms with Gasteiger partial charge in [0.1, 0.15) is 6.61 Å². The van der Waals surface area contributed by atoms with E-state index < -0.39 is 17.5 Å². The van der Waals surface area contributed by atoms with E-state index in [2.05, 4.69) is 15.9 Å². The number of Topliss-reactive ketones (excluding diaryl/α,β-unsaturated/α-hetero) is 1. The third-order valence-electron chi connectivity index (χ3n) is 2.03. The lowest BCUT2D eigenvalue weighted by molar-refractivity contribution is -0.137. The summed E-state index contributed by atoms with van der Waals surface area (Å²) in [5, 5.41) is 0. The Bertz CT molecular complexity index is 416. The van der Waals surface area contributed by atoms with Crippen LogP contribution >= 0.6 is 15.9 Å². The minimum absolute atomic E-state index is 0.0201. The molecule has 0 saturated heterocycles. The van der Waals surface area contributed by atoms with Gasteiger partial charge in [-0.15, -0.1) is 0 Å². The molecule has 6 heteroatoms. The van der Waals surface area contributed by atoms with E-state index in [0.29, 0.717) is 11.1 Å². The van der Waals surface area contributed by atoms with Crippen molar-refractivity contribution in [1.82, 2.24) is 0 Å². The first-order valence-electron chi connectivity index (χ1n) is 4.84. The molecule has 0 N–H and O–H groups in total. The van der Waals surface area contributed by atoms with Crippen molar-refractivity contribution in [3.05, 3.63) is 33.8 Å². The van der Waals surface area contributed by atoms with Crippen molar-refractivity contribution in [1.29, 1.82) is 0 Å². The summed E-state index contributed by atoms with van der Waals surface area (Å²) in [5.74, 6) is -0.482. The number of ether oxygens (including phenoxy) is 1. The maximum atomic E-state index is 12.5. The third-order valence-corrected chi connectivity index (χ3v) is 2.72. The van der Waals surface area contributed by atoms with E-state index >= 15 is 0 Å². The Labute approximate surface area is 105 Å². The van der Waals surface area contributed by atoms with Crippen LogP contribution in [0.15, 0.2) is 22.7 Å². The number of hydrogen-bond donors (Lipinski definition) is 0. The number of hydrogen-bond acceptors (Lipinski definition) is 2. The lowest BCUT2D eigenvalue weighted by Gasteiger charge is -2.10. The highest BCUT2D eigenvalue weighted by Crippen LogP contribution is 2.32. The highest BCUT2D eigenvalue weighted by atomic mass is 79.9. The summed E-state index contributed by atoms with van der Waals surface area (Å²) in [6.07, 6.45) is -4.46. The number of halogens is 4. The van der Waals surface area contributed by atoms with Crippen LogP contribution in [-0.2, 0) is 10.9 Å². The SMILES string of the molecule is CCOCC(=O)c1cc(C(F)(F)F)ccc1Br. The van der Waals surface area contributed by atoms with Crippen molar-refractivity contribution in [3.63, 3.8) is 0 Å². The molecule has 0 bridgehead atoms. The van der Waals surface area contributed by atoms with Gasteiger partial charge in [0.2, 0.25) is 0 Å². The normalized spacial score (nSPS) is 11.6. The van der Waals surface area contributed by atoms with Crippen molar-refractivity contribution >= 4 is 21.7 Å². The zero-order valence-corrected chi connectivity index (χ0v) is 10.6. The van der Waals surface area contributed by atoms with Crippen LogP contribution in [-0.4, -0.2) is 19.0 Å². The van der Waals surface area contributed by atoms with Crippen molar-refractivity contribution in [2.75, 3.05) is 13.2 Å². The molecule has 0 aromatic heterocycles. The molecule has 0 amide bonds. The van der Waals surface area contributed by atoms with Gasteiger partial charge in [0.15, 0.2) is 5.78 Å². The zero-order chi connectivity index (χ0) is 13.1. The first-order chi connectivity index (χ1) is 7.86. The van der Waals surface area contributed by atoms with E-state index in [1.54, 1.807) is 6.92 Å². The van der Waals surface area contributed by atoms with Crippen LogP contribution in [0.1, 0.15) is 22.8 Å². The third kappa shape index (κ3) is 3.81. The Kier molecular flexibility index (Phi) is 4.70. The minimum atomic E-state index is -4.46. The van der Waals surface area contributed by atoms with E-state index in [0.717, 1.165) is 12.1 Å². The van der Waals surface area contributed by atoms with Crippen LogP contribution in [0.4, 0.5) is 13.2 Å². The number of carbonyl (C=O) groups is 1. The number of rotatable bonds is 4. The van der Waals surface area contributed by atoms with E-state index in [4.69, 9.17) is 4.74 Å². The van der Waals surface area contributed by atoms with Crippen LogP contribution in [0.3, 0.4) is 0 Å². The second kappa shape index (κ2) is 5.64. The predicted molar refractivity (Wildman–Crippen MR) is 60.0 cm³/mol. The number of ketones is 1. The Morgan fingerprint density at radius 2 is 2.06 bits per heavy atom. The molecule has 0 fully saturated rings. The second-order valence-corrected chi connectivity index (χ2v) is 4.11. The van der Waals surface area contributed by atoms with Gasteiger partial charge < -0.3 is 4.74 Å². The van der Waals surface area contributed by atoms with Crippen LogP contribution in [0.25, 0.3) is 0 Å². The Morgan fingerprint density at radius 1 is 1.41 bits per heavy atom. The van der Waals surface area contributed by atoms with E-state index in [1.807, 2.05) is 0 Å². The molecule has 94 valence electrons. The molecule has 2 nitrogen and oxygen atoms in total. The maximum Gasteiger partial charge on any atom is 0.416 e. The molecular formula is C11H10BrF3O2. The first-order valence-corrected chi connectivity index (χ1v) is 5.63. The van der Waals surface area contributed by atoms with E-state index in [1.165, 1.54) is 6.07 Å². The van der Waals surface area contributed by atoms with E-state index in [9.17, 15) is 18.0 Å². The molecule has 0 unspecified atom stereocenters. The fourth-order valence-corrected chi connectivity index (χ4v) is 1.66. The topological polar surface area (TPSA) is 26.3 Å². The Hall–Kier alpha value is -0.880. The van der Waals surface area contributed by atoms with Gasteiger partial charge in [0.25, 0.3) is 0 Å². The van der Waals surface area contributed by atoms with Gasteiger partial charge in [-0.3, -0.25) is 4.79 Å². The smallest absolute Gasteiger partial charge is 0.374 e. The lowest BCUT2D eigenvalue weighted by atomic mass is 10.1. The molecule has 0 heterocycles. The average Bonchev–Trinajstić information content (AvgIpc) is 2.24. The number of benzene rings is 1. The summed E-state index contributed by atoms with van der Waals surface area (Å²) >= 11 is 3.05. The van der Waals surface area contributed by atoms with Gasteiger partial charge >= 0.3 is 6.18 Å². The standard InChI is InChI=1S/C11H10BrF3O2/c1-2-17-6-10(16)8-5-7(11(13,14)15)3-4-9(8)12/h3-5H,2,6H2,1H3. The van der Waals surface area contributed by atoms with Crippen molar-refractivity contribution < 1.29 is 22.7 Å². The fourth-order valence-electron chi connectivity index (χ4n) is 1.19. The highest BCUT2D eigenvalue weighted by molar-refractivity contribution is 9.10. The molecular weight excluding hydrogens is 301 g/mol. The van der Waals surface area contributed by atoms with Gasteiger partial charge in [-0.2, -0.15) is 13.2 Å². The summed E-state index contributed by atoms with van der Waals surface area (Å²) in [6, 6.07) is 2.95. The Morgan fingerprint density at radius 3 is 2.59 bits per heavy atom. The summed E-state index contributed by atoms with van der Waals surface area (Å²) in [5.41, 5.74) is -0.867. The van der Waals surface area contributed by atoms with Crippen LogP contribution in [0.5, 0.6) is 0 Å². The average molecular weight is 311 g/mol. The predicted octanol–water partition coefficient (Wildman–Crippen LogP) is 3.69. The molecule has 0 saturated carbocycles. The largest absolute Gasteiger partial charge is 0.416 e. The van der Waals surface area contributed by atoms with Gasteiger partial charge in [-0.1, -0.05) is 15.9 Å². The van der Waals surface area contributed by atoms with Crippen molar-refractivity contribution in [3.8, 4) is 0 Å². The van der Waals surface area contributed by atoms with Crippen LogP contribution < -0.4 is 0 Å². The molecule has 0 aliphatic rings. The fraction of sp³-hybridized carbons (Fsp3) is 0.364. The summed E-state index contributed by atoms with van der Waals surface area (Å²) in [6.45, 7) is 1.81. The molecule has 17 heavy (non-hydrogen) atoms. The minimum Gasteiger partial charge on any atom is -0.374 e. The zero-order valence-electron chi connectivity index (χ0n) is 8.97. The van der Waals surface area contributed by atoms with Crippen molar-refractivity contribution in [2.24, 2.45) is 0 Å². The molecule has 0 aliphatic carbocycles. The monoisotopic (exact) mass is 310 g/mol. The summed E-state index contributed by atoms with van der Waals surface area (Å²) in [4.78, 5) is 11.6. The van der Waals surface area contributed by atoms with Crippen LogP contribution in [0, 0.1) is 0 Å². The number of alkyl halides is 3. The first kappa shape index (κ1) is 14.2. The molecule has 1 rings (SSSR count). The quantitative estimate of drug-likeness (QED) is 0.793. The maximum absolute atomic E-state index is 12.5. The summed E-state index contributed by atoms with van der Waals surface area (Å²) in [7, 11) is 0. The lowest BCUT2D eigenvalue weighted by Crippen LogP contribution is -2.12. The van der Waals surface area contributed by atoms with Gasteiger partial charge in [0.05, 0.1) is 5.56 Å². The Balaban J connectivity index is 3.02. The van der Waals surface area contributed by atoms with E-state index in [-0.39, 0.29) is 12.2 Å². The molecule has 1 aromatic rings. The molecule has 1 aromatic carbocycles. The summed E-state index contributed by atoms with van der Waals surface area (Å²) < 4.78 is 42.6. The highest BCUT2D eigenvalue weighted by Gasteiger charge is 2.31. The molecule has 0 spiro atoms. The number of carbonyl (C=O) groups excluding carboxylic acids is 1. The molecule has 0 aliphatic heterocycles. The van der Waals surface area contributed by atoms with Crippen LogP contribution in [0.2, 0.25) is 0 Å². The molecule has 0 atom stereocenters. The van der Waals surface area contributed by atoms with Gasteiger partial charge in [-0.05, 0) is 25.1 Å². The second-order valence-electron chi connectivity index (χ2n) is 3.25.